The summed E-state index contributed by atoms with van der Waals surface area (Å²) in [5.41, 5.74) is 2.76. The van der Waals surface area contributed by atoms with Gasteiger partial charge in [0, 0.05) is 19.1 Å². The standard InChI is InChI=1S/C26H24F2N2O2/c1-17-6-8-18(9-7-17)19-10-11-22(24(28)16-19)26(32)30-14-12-20(13-15-30)29-25(31)21-4-2-3-5-23(21)27/h2-11,16,20H,12-15H2,1H3,(H,29,31). The molecule has 1 fully saturated rings. The van der Waals surface area contributed by atoms with Gasteiger partial charge in [0.1, 0.15) is 11.6 Å². The molecule has 1 N–H and O–H groups in total. The van der Waals surface area contributed by atoms with Crippen LogP contribution in [-0.4, -0.2) is 35.8 Å². The number of hydrogen-bond acceptors (Lipinski definition) is 2. The van der Waals surface area contributed by atoms with Gasteiger partial charge in [0.15, 0.2) is 0 Å². The fourth-order valence-corrected chi connectivity index (χ4v) is 3.92. The topological polar surface area (TPSA) is 49.4 Å². The Hall–Kier alpha value is -3.54. The molecule has 1 saturated heterocycles. The van der Waals surface area contributed by atoms with Crippen LogP contribution in [-0.2, 0) is 0 Å². The highest BCUT2D eigenvalue weighted by atomic mass is 19.1. The van der Waals surface area contributed by atoms with Crippen molar-refractivity contribution < 1.29 is 18.4 Å². The summed E-state index contributed by atoms with van der Waals surface area (Å²) in [7, 11) is 0. The van der Waals surface area contributed by atoms with Crippen LogP contribution in [0.3, 0.4) is 0 Å². The van der Waals surface area contributed by atoms with Crippen molar-refractivity contribution in [1.82, 2.24) is 10.2 Å². The lowest BCUT2D eigenvalue weighted by Gasteiger charge is -2.32. The van der Waals surface area contributed by atoms with Gasteiger partial charge in [-0.3, -0.25) is 9.59 Å². The Morgan fingerprint density at radius 2 is 1.50 bits per heavy atom. The van der Waals surface area contributed by atoms with Crippen molar-refractivity contribution >= 4 is 11.8 Å². The first-order chi connectivity index (χ1) is 15.4. The molecule has 0 spiro atoms. The monoisotopic (exact) mass is 434 g/mol. The second-order valence-corrected chi connectivity index (χ2v) is 8.08. The highest BCUT2D eigenvalue weighted by molar-refractivity contribution is 5.96. The van der Waals surface area contributed by atoms with Crippen molar-refractivity contribution in [3.63, 3.8) is 0 Å². The lowest BCUT2D eigenvalue weighted by atomic mass is 10.0. The smallest absolute Gasteiger partial charge is 0.256 e. The summed E-state index contributed by atoms with van der Waals surface area (Å²) < 4.78 is 28.5. The minimum absolute atomic E-state index is 0.00161. The van der Waals surface area contributed by atoms with Crippen LogP contribution in [0.4, 0.5) is 8.78 Å². The minimum atomic E-state index is -0.567. The average molecular weight is 434 g/mol. The summed E-state index contributed by atoms with van der Waals surface area (Å²) in [6.07, 6.45) is 1.05. The van der Waals surface area contributed by atoms with E-state index in [1.54, 1.807) is 17.0 Å². The molecule has 6 heteroatoms. The third-order valence-corrected chi connectivity index (χ3v) is 5.82. The number of benzene rings is 3. The molecule has 0 atom stereocenters. The second kappa shape index (κ2) is 9.30. The number of nitrogens with one attached hydrogen (secondary N) is 1. The van der Waals surface area contributed by atoms with Gasteiger partial charge < -0.3 is 10.2 Å². The van der Waals surface area contributed by atoms with Crippen molar-refractivity contribution in [3.05, 3.63) is 95.1 Å². The Balaban J connectivity index is 1.37. The Kier molecular flexibility index (Phi) is 6.30. The first-order valence-corrected chi connectivity index (χ1v) is 10.6. The summed E-state index contributed by atoms with van der Waals surface area (Å²) in [6.45, 7) is 2.76. The van der Waals surface area contributed by atoms with E-state index in [2.05, 4.69) is 5.32 Å². The maximum absolute atomic E-state index is 14.8. The molecule has 1 aliphatic heterocycles. The molecule has 3 aromatic rings. The van der Waals surface area contributed by atoms with Crippen LogP contribution < -0.4 is 5.32 Å². The fourth-order valence-electron chi connectivity index (χ4n) is 3.92. The number of halogens is 2. The van der Waals surface area contributed by atoms with Gasteiger partial charge in [-0.15, -0.1) is 0 Å². The van der Waals surface area contributed by atoms with Crippen LogP contribution in [0, 0.1) is 18.6 Å². The van der Waals surface area contributed by atoms with Crippen LogP contribution >= 0.6 is 0 Å². The fraction of sp³-hybridized carbons (Fsp3) is 0.231. The number of rotatable bonds is 4. The number of hydrogen-bond donors (Lipinski definition) is 1. The van der Waals surface area contributed by atoms with Gasteiger partial charge in [-0.05, 0) is 55.2 Å². The molecular formula is C26H24F2N2O2. The largest absolute Gasteiger partial charge is 0.349 e. The molecule has 3 aromatic carbocycles. The molecule has 0 aromatic heterocycles. The van der Waals surface area contributed by atoms with Gasteiger partial charge in [-0.2, -0.15) is 0 Å². The van der Waals surface area contributed by atoms with E-state index in [0.29, 0.717) is 31.5 Å². The first kappa shape index (κ1) is 21.7. The molecule has 0 saturated carbocycles. The molecule has 4 rings (SSSR count). The summed E-state index contributed by atoms with van der Waals surface area (Å²) in [6, 6.07) is 18.1. The number of piperidine rings is 1. The SMILES string of the molecule is Cc1ccc(-c2ccc(C(=O)N3CCC(NC(=O)c4ccccc4F)CC3)c(F)c2)cc1. The molecule has 1 heterocycles. The number of likely N-dealkylation sites (tertiary alicyclic amines) is 1. The highest BCUT2D eigenvalue weighted by Crippen LogP contribution is 2.24. The van der Waals surface area contributed by atoms with E-state index in [9.17, 15) is 18.4 Å². The van der Waals surface area contributed by atoms with Crippen LogP contribution in [0.25, 0.3) is 11.1 Å². The van der Waals surface area contributed by atoms with Crippen LogP contribution in [0.5, 0.6) is 0 Å². The van der Waals surface area contributed by atoms with E-state index in [4.69, 9.17) is 0 Å². The van der Waals surface area contributed by atoms with Crippen molar-refractivity contribution in [2.24, 2.45) is 0 Å². The van der Waals surface area contributed by atoms with Crippen LogP contribution in [0.2, 0.25) is 0 Å². The molecule has 1 aliphatic rings. The molecule has 0 aliphatic carbocycles. The first-order valence-electron chi connectivity index (χ1n) is 10.6. The predicted molar refractivity (Wildman–Crippen MR) is 119 cm³/mol. The van der Waals surface area contributed by atoms with Crippen LogP contribution in [0.1, 0.15) is 39.1 Å². The third-order valence-electron chi connectivity index (χ3n) is 5.82. The molecule has 2 amide bonds. The van der Waals surface area contributed by atoms with E-state index < -0.39 is 17.5 Å². The maximum Gasteiger partial charge on any atom is 0.256 e. The third kappa shape index (κ3) is 4.69. The van der Waals surface area contributed by atoms with Crippen LogP contribution in [0.15, 0.2) is 66.7 Å². The van der Waals surface area contributed by atoms with Crippen molar-refractivity contribution in [2.75, 3.05) is 13.1 Å². The van der Waals surface area contributed by atoms with Gasteiger partial charge in [0.05, 0.1) is 11.1 Å². The van der Waals surface area contributed by atoms with Gasteiger partial charge in [-0.1, -0.05) is 48.0 Å². The molecule has 164 valence electrons. The number of aryl methyl sites for hydroxylation is 1. The number of nitrogens with zero attached hydrogens (tertiary/aromatic N) is 1. The lowest BCUT2D eigenvalue weighted by molar-refractivity contribution is 0.0693. The second-order valence-electron chi connectivity index (χ2n) is 8.08. The van der Waals surface area contributed by atoms with Gasteiger partial charge in [-0.25, -0.2) is 8.78 Å². The normalized spacial score (nSPS) is 14.3. The van der Waals surface area contributed by atoms with E-state index in [0.717, 1.165) is 11.1 Å². The highest BCUT2D eigenvalue weighted by Gasteiger charge is 2.27. The lowest BCUT2D eigenvalue weighted by Crippen LogP contribution is -2.46. The van der Waals surface area contributed by atoms with Gasteiger partial charge in [0.2, 0.25) is 0 Å². The zero-order chi connectivity index (χ0) is 22.7. The number of carbonyl (C=O) groups excluding carboxylic acids is 2. The predicted octanol–water partition coefficient (Wildman–Crippen LogP) is 4.97. The minimum Gasteiger partial charge on any atom is -0.349 e. The number of amides is 2. The Labute approximate surface area is 185 Å². The molecular weight excluding hydrogens is 410 g/mol. The molecule has 0 unspecified atom stereocenters. The van der Waals surface area contributed by atoms with Crippen molar-refractivity contribution in [3.8, 4) is 11.1 Å². The van der Waals surface area contributed by atoms with Crippen molar-refractivity contribution in [2.45, 2.75) is 25.8 Å². The Morgan fingerprint density at radius 3 is 2.16 bits per heavy atom. The maximum atomic E-state index is 14.8. The zero-order valence-electron chi connectivity index (χ0n) is 17.8. The summed E-state index contributed by atoms with van der Waals surface area (Å²) >= 11 is 0. The van der Waals surface area contributed by atoms with E-state index in [-0.39, 0.29) is 23.1 Å². The summed E-state index contributed by atoms with van der Waals surface area (Å²) in [5.74, 6) is -1.95. The van der Waals surface area contributed by atoms with E-state index in [1.165, 1.54) is 30.3 Å². The molecule has 32 heavy (non-hydrogen) atoms. The summed E-state index contributed by atoms with van der Waals surface area (Å²) in [5, 5.41) is 2.83. The molecule has 0 bridgehead atoms. The van der Waals surface area contributed by atoms with Crippen molar-refractivity contribution in [1.29, 1.82) is 0 Å². The number of carbonyl (C=O) groups is 2. The Morgan fingerprint density at radius 1 is 0.844 bits per heavy atom. The summed E-state index contributed by atoms with van der Waals surface area (Å²) in [4.78, 5) is 26.8. The Bertz CT molecular complexity index is 1140. The quantitative estimate of drug-likeness (QED) is 0.630. The van der Waals surface area contributed by atoms with Gasteiger partial charge in [0.25, 0.3) is 11.8 Å². The van der Waals surface area contributed by atoms with E-state index in [1.807, 2.05) is 31.2 Å². The van der Waals surface area contributed by atoms with E-state index >= 15 is 0 Å². The molecule has 0 radical (unpaired) electrons. The average Bonchev–Trinajstić information content (AvgIpc) is 2.80. The zero-order valence-corrected chi connectivity index (χ0v) is 17.8. The molecule has 4 nitrogen and oxygen atoms in total. The van der Waals surface area contributed by atoms with Gasteiger partial charge >= 0.3 is 0 Å².